The fourth-order valence-corrected chi connectivity index (χ4v) is 2.03. The number of hydrogen-bond donors (Lipinski definition) is 2. The summed E-state index contributed by atoms with van der Waals surface area (Å²) >= 11 is 0. The Kier molecular flexibility index (Phi) is 6.55. The molecule has 2 amide bonds. The first-order chi connectivity index (χ1) is 12.5. The maximum absolute atomic E-state index is 12.3. The molecule has 0 atom stereocenters. The first-order valence-electron chi connectivity index (χ1n) is 7.75. The van der Waals surface area contributed by atoms with Crippen molar-refractivity contribution in [3.05, 3.63) is 53.6 Å². The Morgan fingerprint density at radius 3 is 2.50 bits per heavy atom. The van der Waals surface area contributed by atoms with Crippen LogP contribution in [0.15, 0.2) is 47.6 Å². The van der Waals surface area contributed by atoms with E-state index in [2.05, 4.69) is 10.5 Å². The highest BCUT2D eigenvalue weighted by atomic mass is 16.6. The zero-order valence-corrected chi connectivity index (χ0v) is 14.4. The smallest absolute Gasteiger partial charge is 0.343 e. The Morgan fingerprint density at radius 2 is 1.88 bits per heavy atom. The molecule has 8 nitrogen and oxygen atoms in total. The van der Waals surface area contributed by atoms with Crippen LogP contribution in [0.5, 0.6) is 17.2 Å². The number of esters is 1. The van der Waals surface area contributed by atoms with Crippen LogP contribution in [0.4, 0.5) is 4.79 Å². The van der Waals surface area contributed by atoms with E-state index in [1.165, 1.54) is 13.3 Å². The van der Waals surface area contributed by atoms with Gasteiger partial charge in [0.1, 0.15) is 5.75 Å². The molecule has 3 N–H and O–H groups in total. The van der Waals surface area contributed by atoms with Crippen LogP contribution in [0.3, 0.4) is 0 Å². The van der Waals surface area contributed by atoms with Crippen molar-refractivity contribution in [2.75, 3.05) is 13.7 Å². The first-order valence-corrected chi connectivity index (χ1v) is 7.75. The summed E-state index contributed by atoms with van der Waals surface area (Å²) in [4.78, 5) is 22.9. The van der Waals surface area contributed by atoms with Gasteiger partial charge in [0.25, 0.3) is 0 Å². The zero-order valence-electron chi connectivity index (χ0n) is 14.4. The summed E-state index contributed by atoms with van der Waals surface area (Å²) in [6.45, 7) is 2.43. The number of carbonyl (C=O) groups is 2. The molecule has 0 aliphatic heterocycles. The molecule has 2 aromatic carbocycles. The first kappa shape index (κ1) is 18.8. The normalized spacial score (nSPS) is 10.4. The van der Waals surface area contributed by atoms with Gasteiger partial charge in [0.2, 0.25) is 0 Å². The number of hydrazone groups is 1. The minimum atomic E-state index is -0.769. The molecular weight excluding hydrogens is 338 g/mol. The molecule has 0 aliphatic carbocycles. The van der Waals surface area contributed by atoms with E-state index in [1.807, 2.05) is 6.92 Å². The highest BCUT2D eigenvalue weighted by molar-refractivity contribution is 5.91. The molecule has 0 fully saturated rings. The average molecular weight is 357 g/mol. The Labute approximate surface area is 150 Å². The van der Waals surface area contributed by atoms with E-state index < -0.39 is 12.0 Å². The van der Waals surface area contributed by atoms with Gasteiger partial charge in [-0.25, -0.2) is 15.0 Å². The number of ether oxygens (including phenoxy) is 3. The lowest BCUT2D eigenvalue weighted by Gasteiger charge is -2.10. The number of primary amides is 1. The molecule has 0 bridgehead atoms. The molecule has 0 spiro atoms. The topological polar surface area (TPSA) is 112 Å². The summed E-state index contributed by atoms with van der Waals surface area (Å²) in [6, 6.07) is 10.7. The van der Waals surface area contributed by atoms with E-state index in [9.17, 15) is 9.59 Å². The van der Waals surface area contributed by atoms with Crippen LogP contribution in [0, 0.1) is 0 Å². The third-order valence-electron chi connectivity index (χ3n) is 3.18. The van der Waals surface area contributed by atoms with Crippen molar-refractivity contribution in [1.82, 2.24) is 5.43 Å². The van der Waals surface area contributed by atoms with Gasteiger partial charge >= 0.3 is 12.0 Å². The molecule has 0 saturated heterocycles. The van der Waals surface area contributed by atoms with E-state index in [1.54, 1.807) is 42.5 Å². The number of carbonyl (C=O) groups excluding carboxylic acids is 2. The lowest BCUT2D eigenvalue weighted by molar-refractivity contribution is 0.0729. The number of rotatable bonds is 7. The van der Waals surface area contributed by atoms with E-state index in [-0.39, 0.29) is 5.75 Å². The quantitative estimate of drug-likeness (QED) is 0.342. The van der Waals surface area contributed by atoms with Crippen LogP contribution in [0.1, 0.15) is 22.8 Å². The van der Waals surface area contributed by atoms with Crippen molar-refractivity contribution in [2.45, 2.75) is 6.92 Å². The third kappa shape index (κ3) is 5.23. The molecule has 2 rings (SSSR count). The molecule has 8 heteroatoms. The zero-order chi connectivity index (χ0) is 18.9. The second-order valence-corrected chi connectivity index (χ2v) is 4.99. The predicted octanol–water partition coefficient (Wildman–Crippen LogP) is 2.32. The number of urea groups is 1. The second kappa shape index (κ2) is 9.07. The van der Waals surface area contributed by atoms with Gasteiger partial charge in [-0.1, -0.05) is 0 Å². The van der Waals surface area contributed by atoms with Gasteiger partial charge in [0.05, 0.1) is 25.5 Å². The number of nitrogens with two attached hydrogens (primary N) is 1. The van der Waals surface area contributed by atoms with Crippen molar-refractivity contribution in [3.63, 3.8) is 0 Å². The van der Waals surface area contributed by atoms with Crippen molar-refractivity contribution in [3.8, 4) is 17.2 Å². The minimum Gasteiger partial charge on any atom is -0.494 e. The molecule has 0 aliphatic rings. The molecule has 0 heterocycles. The maximum atomic E-state index is 12.3. The summed E-state index contributed by atoms with van der Waals surface area (Å²) < 4.78 is 15.9. The standard InChI is InChI=1S/C18H19N3O5/c1-3-25-14-7-5-13(6-8-14)17(22)26-15-9-4-12(10-16(15)24-2)11-20-21-18(19)23/h4-11H,3H2,1-2H3,(H3,19,21,23)/b20-11-. The Morgan fingerprint density at radius 1 is 1.15 bits per heavy atom. The predicted molar refractivity (Wildman–Crippen MR) is 95.9 cm³/mol. The lowest BCUT2D eigenvalue weighted by atomic mass is 10.2. The highest BCUT2D eigenvalue weighted by Crippen LogP contribution is 2.28. The number of benzene rings is 2. The van der Waals surface area contributed by atoms with Crippen LogP contribution in [0.25, 0.3) is 0 Å². The van der Waals surface area contributed by atoms with Gasteiger partial charge in [0.15, 0.2) is 11.5 Å². The van der Waals surface area contributed by atoms with Gasteiger partial charge in [-0.15, -0.1) is 0 Å². The fraction of sp³-hybridized carbons (Fsp3) is 0.167. The van der Waals surface area contributed by atoms with E-state index >= 15 is 0 Å². The van der Waals surface area contributed by atoms with Gasteiger partial charge < -0.3 is 19.9 Å². The fourth-order valence-electron chi connectivity index (χ4n) is 2.03. The molecule has 0 unspecified atom stereocenters. The van der Waals surface area contributed by atoms with E-state index in [4.69, 9.17) is 19.9 Å². The highest BCUT2D eigenvalue weighted by Gasteiger charge is 2.13. The Hall–Kier alpha value is -3.55. The molecule has 0 radical (unpaired) electrons. The number of nitrogens with zero attached hydrogens (tertiary/aromatic N) is 1. The molecule has 26 heavy (non-hydrogen) atoms. The Balaban J connectivity index is 2.11. The van der Waals surface area contributed by atoms with Gasteiger partial charge in [-0.2, -0.15) is 5.10 Å². The molecule has 136 valence electrons. The van der Waals surface area contributed by atoms with Crippen LogP contribution >= 0.6 is 0 Å². The molecule has 0 saturated carbocycles. The van der Waals surface area contributed by atoms with Crippen LogP contribution in [0.2, 0.25) is 0 Å². The van der Waals surface area contributed by atoms with Crippen LogP contribution in [-0.4, -0.2) is 31.9 Å². The van der Waals surface area contributed by atoms with Crippen LogP contribution < -0.4 is 25.4 Å². The van der Waals surface area contributed by atoms with E-state index in [0.717, 1.165) is 0 Å². The van der Waals surface area contributed by atoms with Crippen molar-refractivity contribution in [2.24, 2.45) is 10.8 Å². The largest absolute Gasteiger partial charge is 0.494 e. The van der Waals surface area contributed by atoms with Gasteiger partial charge in [-0.05, 0) is 55.0 Å². The lowest BCUT2D eigenvalue weighted by Crippen LogP contribution is -2.24. The maximum Gasteiger partial charge on any atom is 0.343 e. The minimum absolute atomic E-state index is 0.256. The summed E-state index contributed by atoms with van der Waals surface area (Å²) in [5, 5.41) is 3.65. The molecular formula is C18H19N3O5. The monoisotopic (exact) mass is 357 g/mol. The van der Waals surface area contributed by atoms with Gasteiger partial charge in [0, 0.05) is 0 Å². The summed E-state index contributed by atoms with van der Waals surface area (Å²) in [6.07, 6.45) is 1.38. The van der Waals surface area contributed by atoms with Crippen molar-refractivity contribution >= 4 is 18.2 Å². The number of hydrogen-bond acceptors (Lipinski definition) is 6. The molecule has 0 aromatic heterocycles. The summed E-state index contributed by atoms with van der Waals surface area (Å²) in [5.74, 6) is 0.747. The average Bonchev–Trinajstić information content (AvgIpc) is 2.63. The Bertz CT molecular complexity index is 803. The van der Waals surface area contributed by atoms with Crippen molar-refractivity contribution in [1.29, 1.82) is 0 Å². The molecule has 2 aromatic rings. The SMILES string of the molecule is CCOc1ccc(C(=O)Oc2ccc(/C=N\NC(N)=O)cc2OC)cc1. The third-order valence-corrected chi connectivity index (χ3v) is 3.18. The van der Waals surface area contributed by atoms with E-state index in [0.29, 0.717) is 29.2 Å². The number of nitrogens with one attached hydrogen (secondary N) is 1. The summed E-state index contributed by atoms with van der Waals surface area (Å²) in [5.41, 5.74) is 8.01. The summed E-state index contributed by atoms with van der Waals surface area (Å²) in [7, 11) is 1.45. The number of amides is 2. The van der Waals surface area contributed by atoms with Gasteiger partial charge in [-0.3, -0.25) is 0 Å². The van der Waals surface area contributed by atoms with Crippen molar-refractivity contribution < 1.29 is 23.8 Å². The van der Waals surface area contributed by atoms with Crippen LogP contribution in [-0.2, 0) is 0 Å². The number of methoxy groups -OCH3 is 1. The second-order valence-electron chi connectivity index (χ2n) is 4.99.